The Morgan fingerprint density at radius 1 is 0.857 bits per heavy atom. The minimum Gasteiger partial charge on any atom is -0.776 e. The molecular weight excluding hydrogens is 592 g/mol. The molecule has 0 amide bonds. The van der Waals surface area contributed by atoms with Gasteiger partial charge in [-0.2, -0.15) is 0 Å². The van der Waals surface area contributed by atoms with E-state index in [4.69, 9.17) is 14.2 Å². The van der Waals surface area contributed by atoms with Gasteiger partial charge in [-0.1, -0.05) is 95.3 Å². The van der Waals surface area contributed by atoms with Crippen LogP contribution >= 0.6 is 28.6 Å². The molecule has 0 fully saturated rings. The van der Waals surface area contributed by atoms with E-state index >= 15 is 0 Å². The lowest BCUT2D eigenvalue weighted by Crippen LogP contribution is -2.33. The average Bonchev–Trinajstić information content (AvgIpc) is 2.99. The summed E-state index contributed by atoms with van der Waals surface area (Å²) in [6.07, 6.45) is -2.20. The summed E-state index contributed by atoms with van der Waals surface area (Å²) in [5.74, 6) is 2.42. The molecule has 4 aromatic rings. The number of nitrogens with zero attached hydrogens (tertiary/aromatic N) is 1. The van der Waals surface area contributed by atoms with Gasteiger partial charge in [0, 0.05) is 24.5 Å². The Kier molecular flexibility index (Phi) is 11.1. The molecule has 0 unspecified atom stereocenters. The van der Waals surface area contributed by atoms with Crippen molar-refractivity contribution in [2.75, 3.05) is 20.8 Å². The van der Waals surface area contributed by atoms with Gasteiger partial charge >= 0.3 is 0 Å². The first-order valence-corrected chi connectivity index (χ1v) is 17.0. The molecule has 6 nitrogen and oxygen atoms in total. The Hall–Kier alpha value is -3.28. The van der Waals surface area contributed by atoms with E-state index in [0.29, 0.717) is 6.61 Å². The lowest BCUT2D eigenvalue weighted by atomic mass is 9.90. The van der Waals surface area contributed by atoms with E-state index in [1.807, 2.05) is 24.3 Å². The molecule has 1 heterocycles. The largest absolute Gasteiger partial charge is 0.776 e. The molecule has 0 N–H and O–H groups in total. The monoisotopic (exact) mass is 625 g/mol. The first kappa shape index (κ1) is 31.7. The summed E-state index contributed by atoms with van der Waals surface area (Å²) in [5, 5.41) is 0. The van der Waals surface area contributed by atoms with Gasteiger partial charge in [-0.05, 0) is 41.0 Å². The van der Waals surface area contributed by atoms with Gasteiger partial charge < -0.3 is 23.7 Å². The van der Waals surface area contributed by atoms with E-state index in [9.17, 15) is 9.46 Å². The third-order valence-electron chi connectivity index (χ3n) is 7.16. The van der Waals surface area contributed by atoms with E-state index < -0.39 is 6.07 Å². The maximum absolute atomic E-state index is 9.19. The molecule has 1 atom stereocenters. The second kappa shape index (κ2) is 14.8. The minimum atomic E-state index is -3.94. The molecule has 0 bridgehead atoms. The van der Waals surface area contributed by atoms with Gasteiger partial charge in [-0.15, -0.1) is 0 Å². The lowest BCUT2D eigenvalue weighted by Gasteiger charge is -2.24. The second-order valence-electron chi connectivity index (χ2n) is 9.85. The minimum absolute atomic E-state index is 0.245. The van der Waals surface area contributed by atoms with Gasteiger partial charge in [-0.25, -0.2) is 4.58 Å². The number of methoxy groups -OCH3 is 2. The Balaban J connectivity index is 0.000000748. The van der Waals surface area contributed by atoms with Crippen LogP contribution in [-0.4, -0.2) is 31.1 Å². The number of halogens is 2. The number of benzene rings is 4. The highest BCUT2D eigenvalue weighted by Gasteiger charge is 2.31. The van der Waals surface area contributed by atoms with Gasteiger partial charge in [-0.3, -0.25) is 0 Å². The molecule has 5 rings (SSSR count). The van der Waals surface area contributed by atoms with Gasteiger partial charge in [0.2, 0.25) is 0 Å². The lowest BCUT2D eigenvalue weighted by molar-refractivity contribution is -0.570. The molecule has 0 spiro atoms. The highest BCUT2D eigenvalue weighted by atomic mass is 35.9. The van der Waals surface area contributed by atoms with E-state index in [1.165, 1.54) is 28.0 Å². The Morgan fingerprint density at radius 3 is 2.10 bits per heavy atom. The zero-order valence-electron chi connectivity index (χ0n) is 23.8. The van der Waals surface area contributed by atoms with Crippen LogP contribution in [0.15, 0.2) is 97.1 Å². The summed E-state index contributed by atoms with van der Waals surface area (Å²) in [4.78, 5) is 9.19. The molecule has 0 aromatic heterocycles. The fraction of sp³-hybridized carbons (Fsp3) is 0.242. The van der Waals surface area contributed by atoms with Crippen LogP contribution in [-0.2, 0) is 24.0 Å². The van der Waals surface area contributed by atoms with E-state index in [2.05, 4.69) is 107 Å². The predicted octanol–water partition coefficient (Wildman–Crippen LogP) is 7.58. The fourth-order valence-electron chi connectivity index (χ4n) is 5.14. The third-order valence-corrected chi connectivity index (χ3v) is 7.16. The van der Waals surface area contributed by atoms with Crippen LogP contribution in [0.3, 0.4) is 0 Å². The summed E-state index contributed by atoms with van der Waals surface area (Å²) in [7, 11) is 3.40. The smallest absolute Gasteiger partial charge is 0.188 e. The van der Waals surface area contributed by atoms with Crippen LogP contribution in [0, 0.1) is 0 Å². The van der Waals surface area contributed by atoms with Crippen molar-refractivity contribution < 1.29 is 28.2 Å². The first-order chi connectivity index (χ1) is 20.2. The van der Waals surface area contributed by atoms with Gasteiger partial charge in [0.1, 0.15) is 18.9 Å². The molecule has 4 aromatic carbocycles. The number of ether oxygens (including phenoxy) is 3. The van der Waals surface area contributed by atoms with Crippen LogP contribution in [0.5, 0.6) is 17.2 Å². The standard InChI is InChI=1S/C33H34NO3.Cl2HO2P/c1-24(27-14-8-5-9-15-27)34-18-17-28-21-32(35-2)33(36-3)22-30(28)31(34)20-26-13-10-16-29(19-26)37-23-25-11-6-4-7-12-25;1-5(2,3)4/h4-16,19,21-22,24H,17-18,20,23H2,1-3H3;(H,3,4)/q+1;/p-1/t24-;/m1./s1. The summed E-state index contributed by atoms with van der Waals surface area (Å²) in [6.45, 7) is 3.79. The topological polar surface area (TPSA) is 70.8 Å². The summed E-state index contributed by atoms with van der Waals surface area (Å²) >= 11 is 8.59. The molecule has 220 valence electrons. The first-order valence-electron chi connectivity index (χ1n) is 13.5. The average molecular weight is 627 g/mol. The Labute approximate surface area is 257 Å². The van der Waals surface area contributed by atoms with Crippen molar-refractivity contribution in [1.82, 2.24) is 0 Å². The van der Waals surface area contributed by atoms with Crippen LogP contribution in [0.1, 0.15) is 40.8 Å². The molecule has 1 aliphatic rings. The number of hydrogen-bond acceptors (Lipinski definition) is 5. The quantitative estimate of drug-likeness (QED) is 0.142. The summed E-state index contributed by atoms with van der Waals surface area (Å²) < 4.78 is 29.2. The number of fused-ring (bicyclic) bond motifs is 1. The van der Waals surface area contributed by atoms with Crippen LogP contribution < -0.4 is 19.1 Å². The second-order valence-corrected chi connectivity index (χ2v) is 13.9. The van der Waals surface area contributed by atoms with Crippen molar-refractivity contribution in [3.8, 4) is 17.2 Å². The van der Waals surface area contributed by atoms with Crippen LogP contribution in [0.4, 0.5) is 0 Å². The van der Waals surface area contributed by atoms with E-state index in [0.717, 1.165) is 42.2 Å². The van der Waals surface area contributed by atoms with E-state index in [-0.39, 0.29) is 6.04 Å². The van der Waals surface area contributed by atoms with Gasteiger partial charge in [0.15, 0.2) is 29.3 Å². The van der Waals surface area contributed by atoms with Crippen molar-refractivity contribution >= 4 is 34.3 Å². The van der Waals surface area contributed by atoms with Gasteiger partial charge in [0.25, 0.3) is 0 Å². The molecule has 0 saturated heterocycles. The normalized spacial score (nSPS) is 13.4. The Bertz CT molecular complexity index is 1550. The third kappa shape index (κ3) is 8.86. The summed E-state index contributed by atoms with van der Waals surface area (Å²) in [6, 6.07) is 34.0. The van der Waals surface area contributed by atoms with Crippen LogP contribution in [0.25, 0.3) is 0 Å². The maximum atomic E-state index is 9.19. The SMILES string of the molecule is COc1cc2c(cc1OC)C(Cc1cccc(OCc3ccccc3)c1)=[N+]([C@H](C)c1ccccc1)CC2.O=P([O-])(Cl)Cl. The molecule has 0 radical (unpaired) electrons. The molecule has 0 saturated carbocycles. The van der Waals surface area contributed by atoms with Gasteiger partial charge in [0.05, 0.1) is 20.6 Å². The highest BCUT2D eigenvalue weighted by molar-refractivity contribution is 8.03. The predicted molar refractivity (Wildman–Crippen MR) is 168 cm³/mol. The molecule has 9 heteroatoms. The van der Waals surface area contributed by atoms with Crippen molar-refractivity contribution in [2.24, 2.45) is 0 Å². The zero-order valence-corrected chi connectivity index (χ0v) is 26.2. The van der Waals surface area contributed by atoms with Crippen molar-refractivity contribution in [3.63, 3.8) is 0 Å². The van der Waals surface area contributed by atoms with Crippen molar-refractivity contribution in [3.05, 3.63) is 125 Å². The molecular formula is C33H34Cl2NO5P. The highest BCUT2D eigenvalue weighted by Crippen LogP contribution is 2.46. The molecule has 42 heavy (non-hydrogen) atoms. The zero-order chi connectivity index (χ0) is 30.1. The summed E-state index contributed by atoms with van der Waals surface area (Å²) in [5.41, 5.74) is 7.49. The number of hydrogen-bond donors (Lipinski definition) is 0. The molecule has 0 aliphatic carbocycles. The Morgan fingerprint density at radius 2 is 1.45 bits per heavy atom. The van der Waals surface area contributed by atoms with E-state index in [1.54, 1.807) is 14.2 Å². The molecule has 1 aliphatic heterocycles. The van der Waals surface area contributed by atoms with Crippen molar-refractivity contribution in [1.29, 1.82) is 0 Å². The van der Waals surface area contributed by atoms with Crippen molar-refractivity contribution in [2.45, 2.75) is 32.4 Å². The van der Waals surface area contributed by atoms with Crippen LogP contribution in [0.2, 0.25) is 0 Å². The maximum Gasteiger partial charge on any atom is 0.188 e. The number of rotatable bonds is 9. The fourth-order valence-corrected chi connectivity index (χ4v) is 5.14.